The van der Waals surface area contributed by atoms with Crippen LogP contribution in [0, 0.1) is 11.8 Å². The fourth-order valence-electron chi connectivity index (χ4n) is 3.42. The monoisotopic (exact) mass is 338 g/mol. The number of amides is 1. The van der Waals surface area contributed by atoms with Crippen LogP contribution < -0.4 is 5.32 Å². The number of pyridine rings is 1. The Balaban J connectivity index is 1.62. The maximum atomic E-state index is 12.5. The number of carboxylic acid groups (broad SMARTS) is 1. The Morgan fingerprint density at radius 2 is 1.56 bits per heavy atom. The Kier molecular flexibility index (Phi) is 5.43. The molecule has 1 fully saturated rings. The number of benzene rings is 1. The second kappa shape index (κ2) is 7.92. The molecule has 1 aliphatic rings. The van der Waals surface area contributed by atoms with E-state index in [0.29, 0.717) is 18.5 Å². The van der Waals surface area contributed by atoms with Crippen LogP contribution in [0.3, 0.4) is 0 Å². The van der Waals surface area contributed by atoms with Crippen LogP contribution in [0.25, 0.3) is 0 Å². The molecule has 0 saturated heterocycles. The second-order valence-electron chi connectivity index (χ2n) is 6.55. The summed E-state index contributed by atoms with van der Waals surface area (Å²) in [5.74, 6) is -2.07. The van der Waals surface area contributed by atoms with Gasteiger partial charge in [0.05, 0.1) is 11.8 Å². The van der Waals surface area contributed by atoms with E-state index in [-0.39, 0.29) is 5.91 Å². The third-order valence-electron chi connectivity index (χ3n) is 4.80. The van der Waals surface area contributed by atoms with E-state index in [1.54, 1.807) is 12.4 Å². The van der Waals surface area contributed by atoms with Crippen molar-refractivity contribution in [2.45, 2.75) is 32.1 Å². The molecule has 2 atom stereocenters. The third kappa shape index (κ3) is 4.44. The van der Waals surface area contributed by atoms with E-state index in [0.717, 1.165) is 24.8 Å². The van der Waals surface area contributed by atoms with E-state index in [2.05, 4.69) is 10.3 Å². The van der Waals surface area contributed by atoms with Crippen LogP contribution in [0.4, 0.5) is 5.69 Å². The highest BCUT2D eigenvalue weighted by atomic mass is 16.4. The molecule has 130 valence electrons. The van der Waals surface area contributed by atoms with Crippen molar-refractivity contribution >= 4 is 17.6 Å². The van der Waals surface area contributed by atoms with Gasteiger partial charge in [-0.15, -0.1) is 0 Å². The molecule has 0 aliphatic heterocycles. The summed E-state index contributed by atoms with van der Waals surface area (Å²) in [5.41, 5.74) is 3.03. The Morgan fingerprint density at radius 3 is 2.20 bits per heavy atom. The van der Waals surface area contributed by atoms with Gasteiger partial charge >= 0.3 is 5.97 Å². The molecular formula is C20H22N2O3. The normalized spacial score (nSPS) is 20.0. The fourth-order valence-corrected chi connectivity index (χ4v) is 3.42. The SMILES string of the molecule is O=C(Nc1ccc(Cc2ccncc2)cc1)[C@H]1CCCC[C@H]1C(=O)O. The molecule has 2 N–H and O–H groups in total. The number of nitrogens with one attached hydrogen (secondary N) is 1. The van der Waals surface area contributed by atoms with Crippen LogP contribution >= 0.6 is 0 Å². The van der Waals surface area contributed by atoms with Crippen LogP contribution in [-0.4, -0.2) is 22.0 Å². The van der Waals surface area contributed by atoms with Crippen molar-refractivity contribution < 1.29 is 14.7 Å². The van der Waals surface area contributed by atoms with Crippen molar-refractivity contribution in [2.24, 2.45) is 11.8 Å². The van der Waals surface area contributed by atoms with E-state index >= 15 is 0 Å². The van der Waals surface area contributed by atoms with Gasteiger partial charge in [-0.2, -0.15) is 0 Å². The number of hydrogen-bond donors (Lipinski definition) is 2. The summed E-state index contributed by atoms with van der Waals surface area (Å²) < 4.78 is 0. The summed E-state index contributed by atoms with van der Waals surface area (Å²) in [6.07, 6.45) is 7.36. The Hall–Kier alpha value is -2.69. The topological polar surface area (TPSA) is 79.3 Å². The maximum Gasteiger partial charge on any atom is 0.307 e. The number of anilines is 1. The van der Waals surface area contributed by atoms with Gasteiger partial charge in [-0.1, -0.05) is 25.0 Å². The molecule has 1 heterocycles. The highest BCUT2D eigenvalue weighted by molar-refractivity contribution is 5.95. The minimum atomic E-state index is -0.868. The number of rotatable bonds is 5. The van der Waals surface area contributed by atoms with Gasteiger partial charge < -0.3 is 10.4 Å². The average molecular weight is 338 g/mol. The van der Waals surface area contributed by atoms with Crippen molar-refractivity contribution in [3.8, 4) is 0 Å². The standard InChI is InChI=1S/C20H22N2O3/c23-19(17-3-1-2-4-18(17)20(24)25)22-16-7-5-14(6-8-16)13-15-9-11-21-12-10-15/h5-12,17-18H,1-4,13H2,(H,22,23)(H,24,25)/t17-,18+/m0/s1. The van der Waals surface area contributed by atoms with Crippen molar-refractivity contribution in [3.05, 3.63) is 59.9 Å². The van der Waals surface area contributed by atoms with Gasteiger partial charge in [0.15, 0.2) is 0 Å². The quantitative estimate of drug-likeness (QED) is 0.874. The van der Waals surface area contributed by atoms with Gasteiger partial charge in [0.25, 0.3) is 0 Å². The molecule has 0 radical (unpaired) electrons. The van der Waals surface area contributed by atoms with Crippen molar-refractivity contribution in [1.82, 2.24) is 4.98 Å². The molecule has 25 heavy (non-hydrogen) atoms. The fraction of sp³-hybridized carbons (Fsp3) is 0.350. The summed E-state index contributed by atoms with van der Waals surface area (Å²) >= 11 is 0. The number of aliphatic carboxylic acids is 1. The summed E-state index contributed by atoms with van der Waals surface area (Å²) in [4.78, 5) is 27.8. The Bertz CT molecular complexity index is 728. The number of carbonyl (C=O) groups excluding carboxylic acids is 1. The average Bonchev–Trinajstić information content (AvgIpc) is 2.64. The highest BCUT2D eigenvalue weighted by Gasteiger charge is 2.35. The minimum Gasteiger partial charge on any atom is -0.481 e. The predicted molar refractivity (Wildman–Crippen MR) is 95.2 cm³/mol. The summed E-state index contributed by atoms with van der Waals surface area (Å²) in [5, 5.41) is 12.2. The third-order valence-corrected chi connectivity index (χ3v) is 4.80. The molecule has 1 aliphatic carbocycles. The van der Waals surface area contributed by atoms with E-state index in [1.807, 2.05) is 36.4 Å². The zero-order chi connectivity index (χ0) is 17.6. The molecule has 1 amide bonds. The summed E-state index contributed by atoms with van der Waals surface area (Å²) in [6, 6.07) is 11.6. The van der Waals surface area contributed by atoms with E-state index in [9.17, 15) is 14.7 Å². The lowest BCUT2D eigenvalue weighted by Gasteiger charge is -2.27. The molecule has 0 unspecified atom stereocenters. The molecule has 0 bridgehead atoms. The minimum absolute atomic E-state index is 0.186. The smallest absolute Gasteiger partial charge is 0.307 e. The van der Waals surface area contributed by atoms with Crippen LogP contribution in [0.2, 0.25) is 0 Å². The van der Waals surface area contributed by atoms with Gasteiger partial charge in [-0.25, -0.2) is 0 Å². The van der Waals surface area contributed by atoms with Gasteiger partial charge in [0.2, 0.25) is 5.91 Å². The second-order valence-corrected chi connectivity index (χ2v) is 6.55. The molecule has 2 aromatic rings. The first-order chi connectivity index (χ1) is 12.1. The molecular weight excluding hydrogens is 316 g/mol. The number of carbonyl (C=O) groups is 2. The lowest BCUT2D eigenvalue weighted by Crippen LogP contribution is -2.36. The van der Waals surface area contributed by atoms with Gasteiger partial charge in [0.1, 0.15) is 0 Å². The Labute approximate surface area is 147 Å². The summed E-state index contributed by atoms with van der Waals surface area (Å²) in [6.45, 7) is 0. The highest BCUT2D eigenvalue weighted by Crippen LogP contribution is 2.31. The molecule has 1 aromatic heterocycles. The maximum absolute atomic E-state index is 12.5. The molecule has 0 spiro atoms. The van der Waals surface area contributed by atoms with Gasteiger partial charge in [-0.05, 0) is 54.7 Å². The van der Waals surface area contributed by atoms with Crippen LogP contribution in [0.5, 0.6) is 0 Å². The van der Waals surface area contributed by atoms with E-state index < -0.39 is 17.8 Å². The van der Waals surface area contributed by atoms with Crippen molar-refractivity contribution in [1.29, 1.82) is 0 Å². The summed E-state index contributed by atoms with van der Waals surface area (Å²) in [7, 11) is 0. The van der Waals surface area contributed by atoms with Crippen molar-refractivity contribution in [2.75, 3.05) is 5.32 Å². The number of nitrogens with zero attached hydrogens (tertiary/aromatic N) is 1. The molecule has 3 rings (SSSR count). The largest absolute Gasteiger partial charge is 0.481 e. The van der Waals surface area contributed by atoms with Gasteiger partial charge in [-0.3, -0.25) is 14.6 Å². The first kappa shape index (κ1) is 17.1. The zero-order valence-corrected chi connectivity index (χ0v) is 14.0. The first-order valence-corrected chi connectivity index (χ1v) is 8.65. The lowest BCUT2D eigenvalue weighted by atomic mass is 9.78. The van der Waals surface area contributed by atoms with Crippen LogP contribution in [0.15, 0.2) is 48.8 Å². The van der Waals surface area contributed by atoms with Crippen LogP contribution in [-0.2, 0) is 16.0 Å². The molecule has 5 heteroatoms. The number of carboxylic acids is 1. The van der Waals surface area contributed by atoms with E-state index in [1.165, 1.54) is 5.56 Å². The Morgan fingerprint density at radius 1 is 0.960 bits per heavy atom. The predicted octanol–water partition coefficient (Wildman–Crippen LogP) is 3.50. The van der Waals surface area contributed by atoms with E-state index in [4.69, 9.17) is 0 Å². The number of hydrogen-bond acceptors (Lipinski definition) is 3. The van der Waals surface area contributed by atoms with Crippen molar-refractivity contribution in [3.63, 3.8) is 0 Å². The molecule has 1 aromatic carbocycles. The lowest BCUT2D eigenvalue weighted by molar-refractivity contribution is -0.147. The van der Waals surface area contributed by atoms with Gasteiger partial charge in [0, 0.05) is 18.1 Å². The molecule has 1 saturated carbocycles. The van der Waals surface area contributed by atoms with Crippen LogP contribution in [0.1, 0.15) is 36.8 Å². The number of aromatic nitrogens is 1. The first-order valence-electron chi connectivity index (χ1n) is 8.65. The zero-order valence-electron chi connectivity index (χ0n) is 14.0. The molecule has 5 nitrogen and oxygen atoms in total.